The summed E-state index contributed by atoms with van der Waals surface area (Å²) in [6.07, 6.45) is 6.45. The van der Waals surface area contributed by atoms with Crippen LogP contribution in [0.2, 0.25) is 0 Å². The molecule has 3 heterocycles. The molecule has 2 aromatic rings. The Balaban J connectivity index is 0.000000205. The molecule has 1 aliphatic heterocycles. The zero-order chi connectivity index (χ0) is 15.7. The molecule has 0 aliphatic carbocycles. The minimum absolute atomic E-state index is 0.0197. The molecule has 1 aliphatic rings. The van der Waals surface area contributed by atoms with E-state index in [1.807, 2.05) is 22.7 Å². The third-order valence-corrected chi connectivity index (χ3v) is 3.57. The van der Waals surface area contributed by atoms with E-state index in [9.17, 15) is 0 Å². The van der Waals surface area contributed by atoms with Crippen LogP contribution in [-0.2, 0) is 11.4 Å². The van der Waals surface area contributed by atoms with E-state index in [1.54, 1.807) is 6.20 Å². The van der Waals surface area contributed by atoms with E-state index in [-0.39, 0.29) is 13.1 Å². The Kier molecular flexibility index (Phi) is 7.96. The predicted octanol–water partition coefficient (Wildman–Crippen LogP) is 2.05. The van der Waals surface area contributed by atoms with Crippen LogP contribution in [0.5, 0.6) is 0 Å². The number of imidazole rings is 1. The van der Waals surface area contributed by atoms with E-state index < -0.39 is 0 Å². The summed E-state index contributed by atoms with van der Waals surface area (Å²) in [5.41, 5.74) is 1.52. The molecule has 3 N–H and O–H groups in total. The summed E-state index contributed by atoms with van der Waals surface area (Å²) in [5.74, 6) is 0. The molecule has 0 amide bonds. The van der Waals surface area contributed by atoms with Gasteiger partial charge in [-0.15, -0.1) is 0 Å². The van der Waals surface area contributed by atoms with Crippen LogP contribution in [0.3, 0.4) is 0 Å². The summed E-state index contributed by atoms with van der Waals surface area (Å²) in [7, 11) is 0. The lowest BCUT2D eigenvalue weighted by Crippen LogP contribution is -2.16. The summed E-state index contributed by atoms with van der Waals surface area (Å²) in [6.45, 7) is 3.20. The summed E-state index contributed by atoms with van der Waals surface area (Å²) >= 11 is 3.37. The van der Waals surface area contributed by atoms with Gasteiger partial charge in [0, 0.05) is 18.4 Å². The highest BCUT2D eigenvalue weighted by Gasteiger charge is 2.05. The highest BCUT2D eigenvalue weighted by molar-refractivity contribution is 9.10. The topological polar surface area (TPSA) is 86.9 Å². The second-order valence-electron chi connectivity index (χ2n) is 4.58. The second-order valence-corrected chi connectivity index (χ2v) is 5.43. The number of rotatable bonds is 1. The van der Waals surface area contributed by atoms with Crippen molar-refractivity contribution >= 4 is 28.0 Å². The average molecular weight is 358 g/mol. The Morgan fingerprint density at radius 3 is 2.76 bits per heavy atom. The number of pyridine rings is 1. The Morgan fingerprint density at radius 1 is 1.62 bits per heavy atom. The fraction of sp³-hybridized carbons (Fsp3) is 0.429. The van der Waals surface area contributed by atoms with E-state index in [4.69, 9.17) is 15.0 Å². The highest BCUT2D eigenvalue weighted by Crippen LogP contribution is 2.16. The molecule has 6 nitrogen and oxygen atoms in total. The van der Waals surface area contributed by atoms with E-state index in [1.165, 1.54) is 19.4 Å². The predicted molar refractivity (Wildman–Crippen MR) is 84.2 cm³/mol. The van der Waals surface area contributed by atoms with Gasteiger partial charge in [-0.3, -0.25) is 4.79 Å². The van der Waals surface area contributed by atoms with Crippen molar-refractivity contribution in [1.82, 2.24) is 14.7 Å². The van der Waals surface area contributed by atoms with Crippen LogP contribution in [-0.4, -0.2) is 38.7 Å². The number of halogens is 1. The molecule has 1 atom stereocenters. The molecule has 0 saturated carbocycles. The number of nitrogens with zero attached hydrogens (tertiary/aromatic N) is 2. The van der Waals surface area contributed by atoms with Gasteiger partial charge in [0.2, 0.25) is 0 Å². The van der Waals surface area contributed by atoms with Crippen molar-refractivity contribution in [2.75, 3.05) is 6.54 Å². The first-order valence-corrected chi connectivity index (χ1v) is 7.45. The van der Waals surface area contributed by atoms with Gasteiger partial charge in [0.05, 0.1) is 16.8 Å². The standard InChI is InChI=1S/C8H7BrN2O.C5H11N.CH2O2/c9-7-2-1-3-11-4-6(5-12)10-8(7)11;1-5-3-2-4-6-5;2-1-3/h1-4,12H,5H2;5-6H,2-4H2,1H3;1H,(H,2,3). The number of nitrogens with one attached hydrogen (secondary N) is 1. The lowest BCUT2D eigenvalue weighted by Gasteiger charge is -1.95. The van der Waals surface area contributed by atoms with Crippen LogP contribution in [0.15, 0.2) is 29.0 Å². The maximum absolute atomic E-state index is 8.84. The third-order valence-electron chi connectivity index (χ3n) is 2.95. The maximum Gasteiger partial charge on any atom is 0.290 e. The van der Waals surface area contributed by atoms with Crippen molar-refractivity contribution in [1.29, 1.82) is 0 Å². The molecule has 1 saturated heterocycles. The van der Waals surface area contributed by atoms with Crippen molar-refractivity contribution in [2.24, 2.45) is 0 Å². The van der Waals surface area contributed by atoms with Gasteiger partial charge < -0.3 is 19.9 Å². The Labute approximate surface area is 131 Å². The zero-order valence-electron chi connectivity index (χ0n) is 11.9. The van der Waals surface area contributed by atoms with Crippen molar-refractivity contribution in [3.05, 3.63) is 34.7 Å². The van der Waals surface area contributed by atoms with Gasteiger partial charge in [-0.25, -0.2) is 4.98 Å². The minimum atomic E-state index is -0.250. The molecule has 0 aromatic carbocycles. The highest BCUT2D eigenvalue weighted by atomic mass is 79.9. The summed E-state index contributed by atoms with van der Waals surface area (Å²) < 4.78 is 2.81. The van der Waals surface area contributed by atoms with Crippen molar-refractivity contribution < 1.29 is 15.0 Å². The number of carbonyl (C=O) groups is 1. The van der Waals surface area contributed by atoms with E-state index in [0.717, 1.165) is 16.2 Å². The quantitative estimate of drug-likeness (QED) is 0.680. The number of hydrogen-bond acceptors (Lipinski definition) is 4. The lowest BCUT2D eigenvalue weighted by molar-refractivity contribution is -0.122. The second kappa shape index (κ2) is 9.49. The number of aliphatic hydroxyl groups is 1. The van der Waals surface area contributed by atoms with Crippen LogP contribution in [0.1, 0.15) is 25.5 Å². The van der Waals surface area contributed by atoms with Crippen molar-refractivity contribution in [3.63, 3.8) is 0 Å². The molecule has 0 radical (unpaired) electrons. The monoisotopic (exact) mass is 357 g/mol. The zero-order valence-corrected chi connectivity index (χ0v) is 13.5. The van der Waals surface area contributed by atoms with Crippen molar-refractivity contribution in [2.45, 2.75) is 32.4 Å². The smallest absolute Gasteiger partial charge is 0.290 e. The van der Waals surface area contributed by atoms with Gasteiger partial charge in [0.15, 0.2) is 5.65 Å². The largest absolute Gasteiger partial charge is 0.483 e. The minimum Gasteiger partial charge on any atom is -0.483 e. The van der Waals surface area contributed by atoms with Gasteiger partial charge in [-0.1, -0.05) is 0 Å². The molecule has 0 bridgehead atoms. The number of aliphatic hydroxyl groups excluding tert-OH is 1. The average Bonchev–Trinajstić information content (AvgIpc) is 3.09. The number of aromatic nitrogens is 2. The van der Waals surface area contributed by atoms with Crippen LogP contribution >= 0.6 is 15.9 Å². The first-order chi connectivity index (χ1) is 10.1. The van der Waals surface area contributed by atoms with Crippen LogP contribution < -0.4 is 5.32 Å². The first-order valence-electron chi connectivity index (χ1n) is 6.66. The fourth-order valence-corrected chi connectivity index (χ4v) is 2.41. The van der Waals surface area contributed by atoms with Gasteiger partial charge in [-0.2, -0.15) is 0 Å². The molecule has 0 spiro atoms. The van der Waals surface area contributed by atoms with Crippen molar-refractivity contribution in [3.8, 4) is 0 Å². The third kappa shape index (κ3) is 5.82. The Morgan fingerprint density at radius 2 is 2.33 bits per heavy atom. The fourth-order valence-electron chi connectivity index (χ4n) is 1.96. The van der Waals surface area contributed by atoms with Crippen LogP contribution in [0.25, 0.3) is 5.65 Å². The van der Waals surface area contributed by atoms with Gasteiger partial charge in [0.1, 0.15) is 0 Å². The van der Waals surface area contributed by atoms with Gasteiger partial charge >= 0.3 is 0 Å². The van der Waals surface area contributed by atoms with Gasteiger partial charge in [0.25, 0.3) is 6.47 Å². The summed E-state index contributed by atoms with van der Waals surface area (Å²) in [5, 5.41) is 19.0. The maximum atomic E-state index is 8.84. The van der Waals surface area contributed by atoms with Crippen LogP contribution in [0, 0.1) is 0 Å². The molecular weight excluding hydrogens is 338 g/mol. The molecule has 1 unspecified atom stereocenters. The number of fused-ring (bicyclic) bond motifs is 1. The van der Waals surface area contributed by atoms with E-state index in [0.29, 0.717) is 5.69 Å². The number of carboxylic acid groups (broad SMARTS) is 1. The Hall–Kier alpha value is -1.44. The Bertz CT molecular complexity index is 553. The van der Waals surface area contributed by atoms with Gasteiger partial charge in [-0.05, 0) is 54.4 Å². The summed E-state index contributed by atoms with van der Waals surface area (Å²) in [4.78, 5) is 12.6. The molecule has 7 heteroatoms. The molecular formula is C14H20BrN3O3. The first kappa shape index (κ1) is 17.6. The molecule has 2 aromatic heterocycles. The normalized spacial score (nSPS) is 16.6. The van der Waals surface area contributed by atoms with Crippen LogP contribution in [0.4, 0.5) is 0 Å². The van der Waals surface area contributed by atoms with E-state index in [2.05, 4.69) is 33.2 Å². The molecule has 1 fully saturated rings. The molecule has 3 rings (SSSR count). The van der Waals surface area contributed by atoms with E-state index >= 15 is 0 Å². The number of hydrogen-bond donors (Lipinski definition) is 3. The SMILES string of the molecule is CC1CCCN1.O=CO.OCc1cn2cccc(Br)c2n1. The molecule has 21 heavy (non-hydrogen) atoms. The lowest BCUT2D eigenvalue weighted by atomic mass is 10.3. The molecule has 116 valence electrons. The summed E-state index contributed by atoms with van der Waals surface area (Å²) in [6, 6.07) is 4.63.